The van der Waals surface area contributed by atoms with Crippen molar-refractivity contribution in [2.24, 2.45) is 0 Å². The Morgan fingerprint density at radius 3 is 2.25 bits per heavy atom. The molecule has 5 nitrogen and oxygen atoms in total. The smallest absolute Gasteiger partial charge is 0.243 e. The summed E-state index contributed by atoms with van der Waals surface area (Å²) in [5, 5.41) is 19.5. The molecule has 2 rings (SSSR count). The summed E-state index contributed by atoms with van der Waals surface area (Å²) in [6.07, 6.45) is -1.74. The van der Waals surface area contributed by atoms with Gasteiger partial charge in [0.25, 0.3) is 0 Å². The number of hydrogen-bond donors (Lipinski definition) is 2. The molecule has 1 fully saturated rings. The van der Waals surface area contributed by atoms with Gasteiger partial charge in [-0.15, -0.1) is 0 Å². The van der Waals surface area contributed by atoms with Crippen LogP contribution in [0.2, 0.25) is 0 Å². The number of benzene rings is 1. The van der Waals surface area contributed by atoms with Crippen LogP contribution in [0.1, 0.15) is 25.8 Å². The maximum absolute atomic E-state index is 12.7. The molecule has 0 aromatic heterocycles. The highest BCUT2D eigenvalue weighted by molar-refractivity contribution is 7.89. The van der Waals surface area contributed by atoms with Gasteiger partial charge >= 0.3 is 0 Å². The van der Waals surface area contributed by atoms with Crippen LogP contribution in [0.4, 0.5) is 0 Å². The van der Waals surface area contributed by atoms with E-state index >= 15 is 0 Å². The van der Waals surface area contributed by atoms with E-state index in [2.05, 4.69) is 0 Å². The molecule has 0 bridgehead atoms. The molecule has 1 aliphatic rings. The fourth-order valence-corrected chi connectivity index (χ4v) is 4.36. The maximum Gasteiger partial charge on any atom is 0.243 e. The fraction of sp³-hybridized carbons (Fsp3) is 0.571. The Balaban J connectivity index is 2.40. The van der Waals surface area contributed by atoms with Crippen molar-refractivity contribution in [1.29, 1.82) is 0 Å². The van der Waals surface area contributed by atoms with Crippen LogP contribution in [0.3, 0.4) is 0 Å². The zero-order valence-corrected chi connectivity index (χ0v) is 12.8. The van der Waals surface area contributed by atoms with Crippen LogP contribution >= 0.6 is 0 Å². The van der Waals surface area contributed by atoms with E-state index in [0.717, 1.165) is 5.56 Å². The second-order valence-electron chi connectivity index (χ2n) is 6.00. The molecular formula is C14H21NO4S. The molecule has 0 amide bonds. The molecule has 1 saturated heterocycles. The van der Waals surface area contributed by atoms with Crippen molar-refractivity contribution in [2.75, 3.05) is 6.54 Å². The molecule has 112 valence electrons. The van der Waals surface area contributed by atoms with Crippen molar-refractivity contribution in [1.82, 2.24) is 4.31 Å². The van der Waals surface area contributed by atoms with Crippen LogP contribution < -0.4 is 0 Å². The SMILES string of the molecule is Cc1ccc(S(=O)(=O)N2C[C@H](O)[C@@H](O)CC2(C)C)cc1. The summed E-state index contributed by atoms with van der Waals surface area (Å²) in [6.45, 7) is 5.31. The summed E-state index contributed by atoms with van der Waals surface area (Å²) >= 11 is 0. The minimum atomic E-state index is -3.68. The van der Waals surface area contributed by atoms with Gasteiger partial charge in [0.05, 0.1) is 17.1 Å². The van der Waals surface area contributed by atoms with Crippen LogP contribution in [-0.2, 0) is 10.0 Å². The summed E-state index contributed by atoms with van der Waals surface area (Å²) in [5.41, 5.74) is 0.250. The Bertz CT molecular complexity index is 580. The Hall–Kier alpha value is -0.950. The van der Waals surface area contributed by atoms with Gasteiger partial charge in [-0.05, 0) is 39.3 Å². The van der Waals surface area contributed by atoms with Gasteiger partial charge in [0.2, 0.25) is 10.0 Å². The van der Waals surface area contributed by atoms with Crippen LogP contribution in [0, 0.1) is 6.92 Å². The minimum absolute atomic E-state index is 0.0929. The van der Waals surface area contributed by atoms with Gasteiger partial charge in [-0.1, -0.05) is 17.7 Å². The van der Waals surface area contributed by atoms with E-state index in [9.17, 15) is 18.6 Å². The van der Waals surface area contributed by atoms with Gasteiger partial charge in [-0.2, -0.15) is 4.31 Å². The first-order valence-electron chi connectivity index (χ1n) is 6.60. The Morgan fingerprint density at radius 1 is 1.15 bits per heavy atom. The van der Waals surface area contributed by atoms with Gasteiger partial charge in [-0.3, -0.25) is 0 Å². The fourth-order valence-electron chi connectivity index (χ4n) is 2.55. The quantitative estimate of drug-likeness (QED) is 0.850. The molecular weight excluding hydrogens is 278 g/mol. The maximum atomic E-state index is 12.7. The van der Waals surface area contributed by atoms with Gasteiger partial charge in [-0.25, -0.2) is 8.42 Å². The highest BCUT2D eigenvalue weighted by Crippen LogP contribution is 2.33. The van der Waals surface area contributed by atoms with E-state index in [1.165, 1.54) is 4.31 Å². The van der Waals surface area contributed by atoms with E-state index < -0.39 is 27.8 Å². The van der Waals surface area contributed by atoms with E-state index in [1.807, 2.05) is 6.92 Å². The number of aryl methyl sites for hydroxylation is 1. The highest BCUT2D eigenvalue weighted by Gasteiger charge is 2.45. The number of piperidine rings is 1. The number of hydrogen-bond acceptors (Lipinski definition) is 4. The first-order valence-corrected chi connectivity index (χ1v) is 8.04. The Morgan fingerprint density at radius 2 is 1.70 bits per heavy atom. The molecule has 2 N–H and O–H groups in total. The van der Waals surface area contributed by atoms with E-state index in [1.54, 1.807) is 38.1 Å². The molecule has 6 heteroatoms. The lowest BCUT2D eigenvalue weighted by Gasteiger charge is -2.45. The van der Waals surface area contributed by atoms with Gasteiger partial charge in [0, 0.05) is 12.1 Å². The molecule has 2 atom stereocenters. The van der Waals surface area contributed by atoms with Crippen LogP contribution in [0.5, 0.6) is 0 Å². The third kappa shape index (κ3) is 2.74. The first kappa shape index (κ1) is 15.4. The Labute approximate surface area is 119 Å². The second-order valence-corrected chi connectivity index (χ2v) is 7.86. The largest absolute Gasteiger partial charge is 0.390 e. The van der Waals surface area contributed by atoms with Crippen LogP contribution in [0.15, 0.2) is 29.2 Å². The average molecular weight is 299 g/mol. The summed E-state index contributed by atoms with van der Waals surface area (Å²) < 4.78 is 26.7. The molecule has 0 unspecified atom stereocenters. The standard InChI is InChI=1S/C14H21NO4S/c1-10-4-6-11(7-5-10)20(18,19)15-9-13(17)12(16)8-14(15,2)3/h4-7,12-13,16-17H,8-9H2,1-3H3/t12-,13-/m0/s1. The van der Waals surface area contributed by atoms with Crippen molar-refractivity contribution in [2.45, 2.75) is 49.8 Å². The zero-order chi connectivity index (χ0) is 15.1. The predicted octanol–water partition coefficient (Wildman–Crippen LogP) is 0.890. The van der Waals surface area contributed by atoms with Crippen molar-refractivity contribution in [3.8, 4) is 0 Å². The molecule has 0 aliphatic carbocycles. The lowest BCUT2D eigenvalue weighted by molar-refractivity contribution is -0.0578. The number of aliphatic hydroxyl groups excluding tert-OH is 2. The van der Waals surface area contributed by atoms with Gasteiger partial charge in [0.1, 0.15) is 0 Å². The molecule has 0 radical (unpaired) electrons. The van der Waals surface area contributed by atoms with Crippen LogP contribution in [-0.4, -0.2) is 47.2 Å². The average Bonchev–Trinajstić information content (AvgIpc) is 2.33. The summed E-state index contributed by atoms with van der Waals surface area (Å²) in [4.78, 5) is 0.208. The third-order valence-electron chi connectivity index (χ3n) is 3.79. The second kappa shape index (κ2) is 5.11. The summed E-state index contributed by atoms with van der Waals surface area (Å²) in [6, 6.07) is 6.63. The predicted molar refractivity (Wildman–Crippen MR) is 75.8 cm³/mol. The molecule has 1 aromatic carbocycles. The van der Waals surface area contributed by atoms with Crippen molar-refractivity contribution >= 4 is 10.0 Å². The van der Waals surface area contributed by atoms with E-state index in [-0.39, 0.29) is 17.9 Å². The molecule has 20 heavy (non-hydrogen) atoms. The molecule has 1 aromatic rings. The van der Waals surface area contributed by atoms with Crippen molar-refractivity contribution < 1.29 is 18.6 Å². The van der Waals surface area contributed by atoms with E-state index in [0.29, 0.717) is 0 Å². The molecule has 0 spiro atoms. The monoisotopic (exact) mass is 299 g/mol. The van der Waals surface area contributed by atoms with Crippen LogP contribution in [0.25, 0.3) is 0 Å². The topological polar surface area (TPSA) is 77.8 Å². The molecule has 1 heterocycles. The number of rotatable bonds is 2. The molecule has 1 aliphatic heterocycles. The molecule has 0 saturated carbocycles. The summed E-state index contributed by atoms with van der Waals surface area (Å²) in [7, 11) is -3.68. The van der Waals surface area contributed by atoms with Gasteiger partial charge in [0.15, 0.2) is 0 Å². The summed E-state index contributed by atoms with van der Waals surface area (Å²) in [5.74, 6) is 0. The zero-order valence-electron chi connectivity index (χ0n) is 11.9. The lowest BCUT2D eigenvalue weighted by Crippen LogP contribution is -2.59. The number of aliphatic hydroxyl groups is 2. The Kier molecular flexibility index (Phi) is 3.94. The normalized spacial score (nSPS) is 27.4. The number of sulfonamides is 1. The lowest BCUT2D eigenvalue weighted by atomic mass is 9.89. The minimum Gasteiger partial charge on any atom is -0.390 e. The first-order chi connectivity index (χ1) is 9.14. The van der Waals surface area contributed by atoms with E-state index in [4.69, 9.17) is 0 Å². The van der Waals surface area contributed by atoms with Crippen molar-refractivity contribution in [3.05, 3.63) is 29.8 Å². The number of β-amino-alcohol motifs (C(OH)–C–C–N with tert-alkyl or cyclic N) is 1. The highest BCUT2D eigenvalue weighted by atomic mass is 32.2. The third-order valence-corrected chi connectivity index (χ3v) is 5.88. The number of nitrogens with zero attached hydrogens (tertiary/aromatic N) is 1. The van der Waals surface area contributed by atoms with Crippen molar-refractivity contribution in [3.63, 3.8) is 0 Å². The van der Waals surface area contributed by atoms with Gasteiger partial charge < -0.3 is 10.2 Å².